The molecule has 0 saturated carbocycles. The topological polar surface area (TPSA) is 66.4 Å². The molecule has 0 amide bonds. The number of sulfone groups is 1. The molecule has 2 N–H and O–H groups in total. The Labute approximate surface area is 138 Å². The molecule has 0 aliphatic heterocycles. The molecule has 2 aromatic rings. The van der Waals surface area contributed by atoms with Gasteiger partial charge in [0, 0.05) is 6.04 Å². The van der Waals surface area contributed by atoms with Crippen molar-refractivity contribution in [1.29, 1.82) is 0 Å². The molecule has 2 rings (SSSR count). The summed E-state index contributed by atoms with van der Waals surface area (Å²) in [6.07, 6.45) is 0. The van der Waals surface area contributed by atoms with E-state index in [4.69, 9.17) is 0 Å². The van der Waals surface area contributed by atoms with E-state index < -0.39 is 9.84 Å². The fourth-order valence-corrected chi connectivity index (χ4v) is 3.35. The second kappa shape index (κ2) is 7.73. The Morgan fingerprint density at radius 3 is 2.13 bits per heavy atom. The van der Waals surface area contributed by atoms with Crippen LogP contribution in [0.2, 0.25) is 0 Å². The molecule has 0 fully saturated rings. The molecule has 0 aromatic heterocycles. The van der Waals surface area contributed by atoms with Crippen LogP contribution in [-0.2, 0) is 9.84 Å². The van der Waals surface area contributed by atoms with Gasteiger partial charge in [0.1, 0.15) is 0 Å². The van der Waals surface area contributed by atoms with Gasteiger partial charge in [0.15, 0.2) is 9.84 Å². The van der Waals surface area contributed by atoms with Crippen LogP contribution in [0.3, 0.4) is 0 Å². The quantitative estimate of drug-likeness (QED) is 0.818. The molecule has 0 heterocycles. The lowest BCUT2D eigenvalue weighted by molar-refractivity contribution is 0.235. The zero-order valence-electron chi connectivity index (χ0n) is 13.4. The largest absolute Gasteiger partial charge is 0.394 e. The maximum Gasteiger partial charge on any atom is 0.178 e. The number of benzene rings is 2. The third-order valence-electron chi connectivity index (χ3n) is 3.95. The van der Waals surface area contributed by atoms with Gasteiger partial charge in [0.05, 0.1) is 23.3 Å². The second-order valence-electron chi connectivity index (χ2n) is 5.51. The molecule has 2 atom stereocenters. The van der Waals surface area contributed by atoms with Crippen molar-refractivity contribution in [3.8, 4) is 0 Å². The average molecular weight is 333 g/mol. The normalized spacial score (nSPS) is 14.4. The van der Waals surface area contributed by atoms with Gasteiger partial charge < -0.3 is 10.4 Å². The first-order valence-corrected chi connectivity index (χ1v) is 9.37. The summed E-state index contributed by atoms with van der Waals surface area (Å²) in [7, 11) is -3.17. The third-order valence-corrected chi connectivity index (χ3v) is 5.71. The van der Waals surface area contributed by atoms with Gasteiger partial charge >= 0.3 is 0 Å². The van der Waals surface area contributed by atoms with Crippen molar-refractivity contribution >= 4 is 9.84 Å². The SMILES string of the molecule is CCS(=O)(=O)c1ccc(C(C)NC(CO)c2ccccc2)cc1. The lowest BCUT2D eigenvalue weighted by Crippen LogP contribution is -2.27. The van der Waals surface area contributed by atoms with E-state index in [9.17, 15) is 13.5 Å². The molecule has 0 aliphatic rings. The maximum absolute atomic E-state index is 11.8. The summed E-state index contributed by atoms with van der Waals surface area (Å²) in [6.45, 7) is 3.63. The highest BCUT2D eigenvalue weighted by molar-refractivity contribution is 7.91. The summed E-state index contributed by atoms with van der Waals surface area (Å²) >= 11 is 0. The Morgan fingerprint density at radius 2 is 1.61 bits per heavy atom. The van der Waals surface area contributed by atoms with Crippen molar-refractivity contribution in [2.75, 3.05) is 12.4 Å². The number of hydrogen-bond donors (Lipinski definition) is 2. The number of aliphatic hydroxyl groups is 1. The molecule has 23 heavy (non-hydrogen) atoms. The number of rotatable bonds is 7. The number of hydrogen-bond acceptors (Lipinski definition) is 4. The van der Waals surface area contributed by atoms with Gasteiger partial charge in [-0.25, -0.2) is 8.42 Å². The minimum absolute atomic E-state index is 0.00332. The van der Waals surface area contributed by atoms with Gasteiger partial charge in [-0.1, -0.05) is 49.4 Å². The molecule has 4 nitrogen and oxygen atoms in total. The van der Waals surface area contributed by atoms with Crippen molar-refractivity contribution in [2.45, 2.75) is 30.8 Å². The Kier molecular flexibility index (Phi) is 5.93. The highest BCUT2D eigenvalue weighted by atomic mass is 32.2. The number of aliphatic hydroxyl groups excluding tert-OH is 1. The van der Waals surface area contributed by atoms with Crippen molar-refractivity contribution in [1.82, 2.24) is 5.32 Å². The molecule has 0 saturated heterocycles. The zero-order chi connectivity index (χ0) is 16.9. The molecule has 0 aliphatic carbocycles. The molecule has 0 radical (unpaired) electrons. The van der Waals surface area contributed by atoms with Crippen LogP contribution in [0.1, 0.15) is 37.1 Å². The minimum atomic E-state index is -3.17. The molecule has 124 valence electrons. The van der Waals surface area contributed by atoms with E-state index in [1.807, 2.05) is 49.4 Å². The van der Waals surface area contributed by atoms with Crippen LogP contribution in [0.15, 0.2) is 59.5 Å². The van der Waals surface area contributed by atoms with Crippen molar-refractivity contribution in [3.05, 3.63) is 65.7 Å². The van der Waals surface area contributed by atoms with Gasteiger partial charge in [-0.05, 0) is 30.2 Å². The summed E-state index contributed by atoms with van der Waals surface area (Å²) in [5, 5.41) is 13.0. The van der Waals surface area contributed by atoms with Crippen molar-refractivity contribution < 1.29 is 13.5 Å². The first-order chi connectivity index (χ1) is 11.0. The summed E-state index contributed by atoms with van der Waals surface area (Å²) in [4.78, 5) is 0.345. The zero-order valence-corrected chi connectivity index (χ0v) is 14.3. The fourth-order valence-electron chi connectivity index (χ4n) is 2.47. The van der Waals surface area contributed by atoms with Crippen molar-refractivity contribution in [3.63, 3.8) is 0 Å². The van der Waals surface area contributed by atoms with Crippen LogP contribution < -0.4 is 5.32 Å². The second-order valence-corrected chi connectivity index (χ2v) is 7.78. The first-order valence-electron chi connectivity index (χ1n) is 7.72. The van der Waals surface area contributed by atoms with E-state index in [0.29, 0.717) is 4.90 Å². The Morgan fingerprint density at radius 1 is 1.00 bits per heavy atom. The van der Waals surface area contributed by atoms with Crippen LogP contribution in [-0.4, -0.2) is 25.9 Å². The number of nitrogens with one attached hydrogen (secondary N) is 1. The predicted octanol–water partition coefficient (Wildman–Crippen LogP) is 2.86. The van der Waals surface area contributed by atoms with Gasteiger partial charge in [-0.3, -0.25) is 0 Å². The summed E-state index contributed by atoms with van der Waals surface area (Å²) < 4.78 is 23.7. The average Bonchev–Trinajstić information content (AvgIpc) is 2.60. The minimum Gasteiger partial charge on any atom is -0.394 e. The van der Waals surface area contributed by atoms with E-state index in [-0.39, 0.29) is 24.4 Å². The first kappa shape index (κ1) is 17.7. The van der Waals surface area contributed by atoms with E-state index in [2.05, 4.69) is 5.32 Å². The highest BCUT2D eigenvalue weighted by Gasteiger charge is 2.16. The van der Waals surface area contributed by atoms with Gasteiger partial charge in [-0.2, -0.15) is 0 Å². The van der Waals surface area contributed by atoms with E-state index in [1.165, 1.54) is 0 Å². The molecule has 0 spiro atoms. The Balaban J connectivity index is 2.12. The summed E-state index contributed by atoms with van der Waals surface area (Å²) in [5.41, 5.74) is 2.00. The van der Waals surface area contributed by atoms with Crippen LogP contribution >= 0.6 is 0 Å². The van der Waals surface area contributed by atoms with E-state index >= 15 is 0 Å². The lowest BCUT2D eigenvalue weighted by Gasteiger charge is -2.22. The van der Waals surface area contributed by atoms with Crippen molar-refractivity contribution in [2.24, 2.45) is 0 Å². The van der Waals surface area contributed by atoms with Crippen LogP contribution in [0.25, 0.3) is 0 Å². The Hall–Kier alpha value is -1.69. The molecule has 5 heteroatoms. The predicted molar refractivity (Wildman–Crippen MR) is 92.0 cm³/mol. The van der Waals surface area contributed by atoms with E-state index in [0.717, 1.165) is 11.1 Å². The molecular formula is C18H23NO3S. The molecular weight excluding hydrogens is 310 g/mol. The standard InChI is InChI=1S/C18H23NO3S/c1-3-23(21,22)17-11-9-15(10-12-17)14(2)19-18(13-20)16-7-5-4-6-8-16/h4-12,14,18-20H,3,13H2,1-2H3. The molecule has 0 bridgehead atoms. The molecule has 2 aromatic carbocycles. The highest BCUT2D eigenvalue weighted by Crippen LogP contribution is 2.21. The van der Waals surface area contributed by atoms with Gasteiger partial charge in [-0.15, -0.1) is 0 Å². The summed E-state index contributed by atoms with van der Waals surface area (Å²) in [5.74, 6) is 0.0980. The Bertz CT molecular complexity index is 712. The third kappa shape index (κ3) is 4.41. The van der Waals surface area contributed by atoms with Crippen LogP contribution in [0.4, 0.5) is 0 Å². The van der Waals surface area contributed by atoms with Crippen LogP contribution in [0, 0.1) is 0 Å². The monoisotopic (exact) mass is 333 g/mol. The smallest absolute Gasteiger partial charge is 0.178 e. The molecule has 2 unspecified atom stereocenters. The summed E-state index contributed by atoms with van der Waals surface area (Å²) in [6, 6.07) is 16.5. The van der Waals surface area contributed by atoms with Gasteiger partial charge in [0.25, 0.3) is 0 Å². The maximum atomic E-state index is 11.8. The van der Waals surface area contributed by atoms with E-state index in [1.54, 1.807) is 19.1 Å². The van der Waals surface area contributed by atoms with Crippen LogP contribution in [0.5, 0.6) is 0 Å². The lowest BCUT2D eigenvalue weighted by atomic mass is 10.0. The fraction of sp³-hybridized carbons (Fsp3) is 0.333. The van der Waals surface area contributed by atoms with Gasteiger partial charge in [0.2, 0.25) is 0 Å².